The van der Waals surface area contributed by atoms with Crippen molar-refractivity contribution in [2.24, 2.45) is 16.5 Å². The van der Waals surface area contributed by atoms with Crippen molar-refractivity contribution in [2.75, 3.05) is 0 Å². The van der Waals surface area contributed by atoms with Crippen molar-refractivity contribution >= 4 is 6.72 Å². The summed E-state index contributed by atoms with van der Waals surface area (Å²) in [6.45, 7) is 3.25. The Labute approximate surface area is 48.4 Å². The Balaban J connectivity index is 3.91. The maximum absolute atomic E-state index is 5.07. The second-order valence-electron chi connectivity index (χ2n) is 1.11. The molecule has 0 aliphatic carbocycles. The quantitative estimate of drug-likeness (QED) is 0.388. The summed E-state index contributed by atoms with van der Waals surface area (Å²) in [7, 11) is 0. The molecule has 0 aliphatic heterocycles. The summed E-state index contributed by atoms with van der Waals surface area (Å²) in [5.41, 5.74) is 10.7. The Hall–Kier alpha value is -1.25. The van der Waals surface area contributed by atoms with Gasteiger partial charge in [-0.2, -0.15) is 0 Å². The molecule has 0 bridgehead atoms. The van der Waals surface area contributed by atoms with Crippen LogP contribution in [0.3, 0.4) is 0 Å². The van der Waals surface area contributed by atoms with E-state index < -0.39 is 0 Å². The molecule has 0 aromatic rings. The highest BCUT2D eigenvalue weighted by molar-refractivity contribution is 5.32. The highest BCUT2D eigenvalue weighted by atomic mass is 14.7. The molecule has 0 atom stereocenters. The lowest BCUT2D eigenvalue weighted by atomic mass is 10.5. The van der Waals surface area contributed by atoms with Crippen LogP contribution >= 0.6 is 0 Å². The Bertz CT molecular complexity index is 124. The SMILES string of the molecule is C=NC(/C=C\N)=C/N. The lowest BCUT2D eigenvalue weighted by Crippen LogP contribution is -1.83. The summed E-state index contributed by atoms with van der Waals surface area (Å²) in [6.07, 6.45) is 4.25. The van der Waals surface area contributed by atoms with Gasteiger partial charge in [0.15, 0.2) is 0 Å². The van der Waals surface area contributed by atoms with Crippen LogP contribution in [-0.2, 0) is 0 Å². The van der Waals surface area contributed by atoms with Gasteiger partial charge in [-0.25, -0.2) is 0 Å². The summed E-state index contributed by atoms with van der Waals surface area (Å²) in [6, 6.07) is 0. The van der Waals surface area contributed by atoms with Crippen molar-refractivity contribution in [3.63, 3.8) is 0 Å². The fourth-order valence-corrected chi connectivity index (χ4v) is 0.260. The zero-order valence-corrected chi connectivity index (χ0v) is 4.54. The summed E-state index contributed by atoms with van der Waals surface area (Å²) >= 11 is 0. The molecule has 0 aromatic carbocycles. The first-order valence-electron chi connectivity index (χ1n) is 2.12. The van der Waals surface area contributed by atoms with Crippen molar-refractivity contribution in [1.29, 1.82) is 0 Å². The Kier molecular flexibility index (Phi) is 3.31. The van der Waals surface area contributed by atoms with Gasteiger partial charge < -0.3 is 11.5 Å². The van der Waals surface area contributed by atoms with E-state index in [0.29, 0.717) is 5.70 Å². The van der Waals surface area contributed by atoms with Crippen LogP contribution in [0.15, 0.2) is 29.2 Å². The van der Waals surface area contributed by atoms with Gasteiger partial charge in [0.25, 0.3) is 0 Å². The average Bonchev–Trinajstić information content (AvgIpc) is 1.83. The normalized spacial score (nSPS) is 12.2. The highest BCUT2D eigenvalue weighted by Gasteiger charge is 1.76. The standard InChI is InChI=1S/C5H9N3/c1-8-5(4-7)2-3-6/h2-4H,1,6-7H2/b3-2-,5-4+. The number of nitrogens with two attached hydrogens (primary N) is 2. The summed E-state index contributed by atoms with van der Waals surface area (Å²) < 4.78 is 0. The third-order valence-electron chi connectivity index (χ3n) is 0.620. The molecular formula is C5H9N3. The third-order valence-corrected chi connectivity index (χ3v) is 0.620. The smallest absolute Gasteiger partial charge is 0.0791 e. The molecule has 3 nitrogen and oxygen atoms in total. The molecule has 0 amide bonds. The van der Waals surface area contributed by atoms with Crippen molar-refractivity contribution in [3.05, 3.63) is 24.2 Å². The maximum atomic E-state index is 5.07. The van der Waals surface area contributed by atoms with Gasteiger partial charge in [0.1, 0.15) is 0 Å². The predicted octanol–water partition coefficient (Wildman–Crippen LogP) is -0.0405. The largest absolute Gasteiger partial charge is 0.405 e. The Morgan fingerprint density at radius 2 is 2.12 bits per heavy atom. The Morgan fingerprint density at radius 1 is 1.50 bits per heavy atom. The van der Waals surface area contributed by atoms with Crippen molar-refractivity contribution in [1.82, 2.24) is 0 Å². The molecule has 4 N–H and O–H groups in total. The zero-order chi connectivity index (χ0) is 6.41. The van der Waals surface area contributed by atoms with Gasteiger partial charge in [-0.15, -0.1) is 0 Å². The molecule has 0 rings (SSSR count). The topological polar surface area (TPSA) is 64.4 Å². The number of allylic oxidation sites excluding steroid dienone is 1. The molecule has 8 heavy (non-hydrogen) atoms. The molecule has 0 heterocycles. The summed E-state index contributed by atoms with van der Waals surface area (Å²) in [5.74, 6) is 0. The van der Waals surface area contributed by atoms with E-state index in [0.717, 1.165) is 0 Å². The van der Waals surface area contributed by atoms with Gasteiger partial charge in [0.05, 0.1) is 5.70 Å². The first-order valence-corrected chi connectivity index (χ1v) is 2.12. The highest BCUT2D eigenvalue weighted by Crippen LogP contribution is 1.90. The first-order chi connectivity index (χ1) is 3.85. The molecular weight excluding hydrogens is 102 g/mol. The first kappa shape index (κ1) is 6.75. The third kappa shape index (κ3) is 2.02. The van der Waals surface area contributed by atoms with Crippen LogP contribution < -0.4 is 11.5 Å². The average molecular weight is 111 g/mol. The van der Waals surface area contributed by atoms with Gasteiger partial charge in [0.2, 0.25) is 0 Å². The summed E-state index contributed by atoms with van der Waals surface area (Å²) in [5, 5.41) is 0. The van der Waals surface area contributed by atoms with Crippen LogP contribution in [0.25, 0.3) is 0 Å². The van der Waals surface area contributed by atoms with Gasteiger partial charge in [0, 0.05) is 6.20 Å². The number of aliphatic imine (C=N–C) groups is 1. The minimum absolute atomic E-state index is 0.576. The molecule has 0 radical (unpaired) electrons. The van der Waals surface area contributed by atoms with E-state index in [2.05, 4.69) is 11.7 Å². The van der Waals surface area contributed by atoms with Crippen molar-refractivity contribution in [3.8, 4) is 0 Å². The van der Waals surface area contributed by atoms with Gasteiger partial charge in [-0.3, -0.25) is 4.99 Å². The van der Waals surface area contributed by atoms with E-state index in [1.165, 1.54) is 12.4 Å². The van der Waals surface area contributed by atoms with E-state index >= 15 is 0 Å². The van der Waals surface area contributed by atoms with E-state index in [-0.39, 0.29) is 0 Å². The molecule has 3 heteroatoms. The minimum Gasteiger partial charge on any atom is -0.405 e. The number of hydrogen-bond donors (Lipinski definition) is 2. The van der Waals surface area contributed by atoms with Crippen LogP contribution in [0.1, 0.15) is 0 Å². The van der Waals surface area contributed by atoms with Gasteiger partial charge in [-0.05, 0) is 19.0 Å². The number of rotatable bonds is 2. The van der Waals surface area contributed by atoms with Crippen molar-refractivity contribution < 1.29 is 0 Å². The number of nitrogens with zero attached hydrogens (tertiary/aromatic N) is 1. The van der Waals surface area contributed by atoms with Gasteiger partial charge in [-0.1, -0.05) is 0 Å². The molecule has 0 aromatic heterocycles. The van der Waals surface area contributed by atoms with Crippen LogP contribution in [0, 0.1) is 0 Å². The fourth-order valence-electron chi connectivity index (χ4n) is 0.260. The predicted molar refractivity (Wildman–Crippen MR) is 35.1 cm³/mol. The second-order valence-corrected chi connectivity index (χ2v) is 1.11. The number of hydrogen-bond acceptors (Lipinski definition) is 3. The molecule has 0 spiro atoms. The van der Waals surface area contributed by atoms with E-state index in [9.17, 15) is 0 Å². The van der Waals surface area contributed by atoms with E-state index in [1.807, 2.05) is 0 Å². The minimum atomic E-state index is 0.576. The van der Waals surface area contributed by atoms with Gasteiger partial charge >= 0.3 is 0 Å². The lowest BCUT2D eigenvalue weighted by molar-refractivity contribution is 1.36. The van der Waals surface area contributed by atoms with Crippen LogP contribution in [0.5, 0.6) is 0 Å². The van der Waals surface area contributed by atoms with E-state index in [1.54, 1.807) is 6.08 Å². The Morgan fingerprint density at radius 3 is 2.25 bits per heavy atom. The molecule has 0 aliphatic rings. The monoisotopic (exact) mass is 111 g/mol. The summed E-state index contributed by atoms with van der Waals surface area (Å²) in [4.78, 5) is 3.52. The van der Waals surface area contributed by atoms with Crippen LogP contribution in [-0.4, -0.2) is 6.72 Å². The second kappa shape index (κ2) is 3.92. The lowest BCUT2D eigenvalue weighted by Gasteiger charge is -1.84. The van der Waals surface area contributed by atoms with Crippen molar-refractivity contribution in [2.45, 2.75) is 0 Å². The molecule has 0 unspecified atom stereocenters. The maximum Gasteiger partial charge on any atom is 0.0791 e. The molecule has 0 saturated carbocycles. The van der Waals surface area contributed by atoms with Crippen LogP contribution in [0.4, 0.5) is 0 Å². The molecule has 44 valence electrons. The fraction of sp³-hybridized carbons (Fsp3) is 0. The zero-order valence-electron chi connectivity index (χ0n) is 4.54. The van der Waals surface area contributed by atoms with E-state index in [4.69, 9.17) is 11.5 Å². The molecule has 0 fully saturated rings. The molecule has 0 saturated heterocycles. The van der Waals surface area contributed by atoms with Crippen LogP contribution in [0.2, 0.25) is 0 Å².